The maximum absolute atomic E-state index is 12.8. The highest BCUT2D eigenvalue weighted by atomic mass is 19.1. The number of nitrogens with zero attached hydrogens (tertiary/aromatic N) is 1. The van der Waals surface area contributed by atoms with E-state index in [0.29, 0.717) is 17.9 Å². The summed E-state index contributed by atoms with van der Waals surface area (Å²) in [6.45, 7) is 0.487. The van der Waals surface area contributed by atoms with Crippen molar-refractivity contribution >= 4 is 0 Å². The zero-order valence-electron chi connectivity index (χ0n) is 7.88. The molecule has 0 unspecified atom stereocenters. The zero-order valence-corrected chi connectivity index (χ0v) is 7.88. The average Bonchev–Trinajstić information content (AvgIpc) is 2.17. The molecule has 0 aromatic heterocycles. The highest BCUT2D eigenvalue weighted by Gasteiger charge is 2.04. The summed E-state index contributed by atoms with van der Waals surface area (Å²) in [5.41, 5.74) is 0.711. The van der Waals surface area contributed by atoms with E-state index in [1.165, 1.54) is 18.2 Å². The molecule has 0 aliphatic carbocycles. The zero-order chi connectivity index (χ0) is 10.4. The van der Waals surface area contributed by atoms with Crippen LogP contribution >= 0.6 is 0 Å². The second kappa shape index (κ2) is 5.20. The smallest absolute Gasteiger partial charge is 0.174 e. The molecule has 0 aliphatic heterocycles. The van der Waals surface area contributed by atoms with E-state index in [9.17, 15) is 4.39 Å². The Bertz CT molecular complexity index is 346. The number of ether oxygens (including phenoxy) is 1. The Morgan fingerprint density at radius 2 is 2.36 bits per heavy atom. The van der Waals surface area contributed by atoms with E-state index in [1.54, 1.807) is 7.05 Å². The van der Waals surface area contributed by atoms with E-state index in [4.69, 9.17) is 10.00 Å². The lowest BCUT2D eigenvalue weighted by Gasteiger charge is -2.08. The molecule has 1 N–H and O–H groups in total. The fourth-order valence-corrected chi connectivity index (χ4v) is 1.13. The molecule has 14 heavy (non-hydrogen) atoms. The van der Waals surface area contributed by atoms with Gasteiger partial charge in [-0.05, 0) is 25.2 Å². The lowest BCUT2D eigenvalue weighted by Crippen LogP contribution is -2.08. The van der Waals surface area contributed by atoms with Crippen LogP contribution in [0.25, 0.3) is 0 Å². The van der Waals surface area contributed by atoms with Gasteiger partial charge in [-0.15, -0.1) is 0 Å². The highest BCUT2D eigenvalue weighted by molar-refractivity contribution is 5.34. The van der Waals surface area contributed by atoms with Crippen LogP contribution in [0.1, 0.15) is 5.56 Å². The van der Waals surface area contributed by atoms with Gasteiger partial charge >= 0.3 is 0 Å². The lowest BCUT2D eigenvalue weighted by atomic mass is 10.2. The lowest BCUT2D eigenvalue weighted by molar-refractivity contribution is 0.362. The topological polar surface area (TPSA) is 45.0 Å². The van der Waals surface area contributed by atoms with E-state index in [2.05, 4.69) is 5.32 Å². The van der Waals surface area contributed by atoms with E-state index in [-0.39, 0.29) is 12.4 Å². The minimum absolute atomic E-state index is 0.0254. The second-order valence-corrected chi connectivity index (χ2v) is 2.73. The molecule has 1 rings (SSSR count). The molecular formula is C10H11FN2O. The third-order valence-electron chi connectivity index (χ3n) is 1.68. The molecule has 0 fully saturated rings. The maximum Gasteiger partial charge on any atom is 0.174 e. The SMILES string of the molecule is CNCc1cc(F)ccc1OCC#N. The number of rotatable bonds is 4. The molecule has 74 valence electrons. The predicted molar refractivity (Wildman–Crippen MR) is 50.3 cm³/mol. The van der Waals surface area contributed by atoms with Gasteiger partial charge in [0.25, 0.3) is 0 Å². The number of nitriles is 1. The summed E-state index contributed by atoms with van der Waals surface area (Å²) in [6.07, 6.45) is 0. The Labute approximate surface area is 82.1 Å². The van der Waals surface area contributed by atoms with Gasteiger partial charge < -0.3 is 10.1 Å². The third-order valence-corrected chi connectivity index (χ3v) is 1.68. The van der Waals surface area contributed by atoms with Gasteiger partial charge in [0.15, 0.2) is 6.61 Å². The molecule has 0 spiro atoms. The largest absolute Gasteiger partial charge is 0.478 e. The molecule has 0 atom stereocenters. The molecule has 0 saturated heterocycles. The van der Waals surface area contributed by atoms with Gasteiger partial charge in [0.2, 0.25) is 0 Å². The molecular weight excluding hydrogens is 183 g/mol. The molecule has 1 aromatic carbocycles. The molecule has 0 bridgehead atoms. The van der Waals surface area contributed by atoms with Crippen molar-refractivity contribution in [1.82, 2.24) is 5.32 Å². The van der Waals surface area contributed by atoms with Crippen molar-refractivity contribution in [1.29, 1.82) is 5.26 Å². The van der Waals surface area contributed by atoms with Gasteiger partial charge in [0.05, 0.1) is 0 Å². The average molecular weight is 194 g/mol. The molecule has 0 heterocycles. The number of halogens is 1. The van der Waals surface area contributed by atoms with Crippen LogP contribution in [0.3, 0.4) is 0 Å². The fraction of sp³-hybridized carbons (Fsp3) is 0.300. The summed E-state index contributed by atoms with van der Waals surface area (Å²) in [5.74, 6) is 0.238. The Kier molecular flexibility index (Phi) is 3.89. The minimum Gasteiger partial charge on any atom is -0.478 e. The van der Waals surface area contributed by atoms with Crippen molar-refractivity contribution < 1.29 is 9.13 Å². The summed E-state index contributed by atoms with van der Waals surface area (Å²) < 4.78 is 18.0. The molecule has 3 nitrogen and oxygen atoms in total. The first-order chi connectivity index (χ1) is 6.77. The van der Waals surface area contributed by atoms with Crippen molar-refractivity contribution in [2.24, 2.45) is 0 Å². The standard InChI is InChI=1S/C10H11FN2O/c1-13-7-8-6-9(11)2-3-10(8)14-5-4-12/h2-3,6,13H,5,7H2,1H3. The number of nitrogens with one attached hydrogen (secondary N) is 1. The van der Waals surface area contributed by atoms with Crippen LogP contribution in [0.4, 0.5) is 4.39 Å². The van der Waals surface area contributed by atoms with Gasteiger partial charge in [-0.25, -0.2) is 4.39 Å². The molecule has 4 heteroatoms. The molecule has 1 aromatic rings. The van der Waals surface area contributed by atoms with Crippen LogP contribution < -0.4 is 10.1 Å². The second-order valence-electron chi connectivity index (χ2n) is 2.73. The number of benzene rings is 1. The van der Waals surface area contributed by atoms with Crippen LogP contribution in [0.2, 0.25) is 0 Å². The first kappa shape index (κ1) is 10.5. The molecule has 0 saturated carbocycles. The van der Waals surface area contributed by atoms with Crippen LogP contribution in [0.5, 0.6) is 5.75 Å². The van der Waals surface area contributed by atoms with E-state index >= 15 is 0 Å². The Morgan fingerprint density at radius 1 is 1.57 bits per heavy atom. The van der Waals surface area contributed by atoms with Gasteiger partial charge in [0, 0.05) is 12.1 Å². The van der Waals surface area contributed by atoms with Gasteiger partial charge in [-0.2, -0.15) is 5.26 Å². The Morgan fingerprint density at radius 3 is 3.00 bits per heavy atom. The number of hydrogen-bond acceptors (Lipinski definition) is 3. The van der Waals surface area contributed by atoms with Gasteiger partial charge in [-0.1, -0.05) is 0 Å². The summed E-state index contributed by atoms with van der Waals surface area (Å²) in [6, 6.07) is 6.09. The normalized spacial score (nSPS) is 9.50. The van der Waals surface area contributed by atoms with Crippen LogP contribution in [0.15, 0.2) is 18.2 Å². The first-order valence-corrected chi connectivity index (χ1v) is 4.20. The van der Waals surface area contributed by atoms with Crippen molar-refractivity contribution in [3.05, 3.63) is 29.6 Å². The van der Waals surface area contributed by atoms with Gasteiger partial charge in [-0.3, -0.25) is 0 Å². The van der Waals surface area contributed by atoms with E-state index < -0.39 is 0 Å². The highest BCUT2D eigenvalue weighted by Crippen LogP contribution is 2.19. The maximum atomic E-state index is 12.8. The number of hydrogen-bond donors (Lipinski definition) is 1. The minimum atomic E-state index is -0.306. The van der Waals surface area contributed by atoms with Crippen molar-refractivity contribution in [3.8, 4) is 11.8 Å². The summed E-state index contributed by atoms with van der Waals surface area (Å²) >= 11 is 0. The molecule has 0 aliphatic rings. The summed E-state index contributed by atoms with van der Waals surface area (Å²) in [5, 5.41) is 11.2. The van der Waals surface area contributed by atoms with Crippen molar-refractivity contribution in [3.63, 3.8) is 0 Å². The first-order valence-electron chi connectivity index (χ1n) is 4.20. The van der Waals surface area contributed by atoms with Crippen molar-refractivity contribution in [2.45, 2.75) is 6.54 Å². The summed E-state index contributed by atoms with van der Waals surface area (Å²) in [7, 11) is 1.76. The fourth-order valence-electron chi connectivity index (χ4n) is 1.13. The third kappa shape index (κ3) is 2.71. The van der Waals surface area contributed by atoms with Crippen LogP contribution in [-0.4, -0.2) is 13.7 Å². The summed E-state index contributed by atoms with van der Waals surface area (Å²) in [4.78, 5) is 0. The van der Waals surface area contributed by atoms with E-state index in [1.807, 2.05) is 6.07 Å². The Hall–Kier alpha value is -1.60. The van der Waals surface area contributed by atoms with Crippen LogP contribution in [-0.2, 0) is 6.54 Å². The van der Waals surface area contributed by atoms with Crippen molar-refractivity contribution in [2.75, 3.05) is 13.7 Å². The Balaban J connectivity index is 2.85. The van der Waals surface area contributed by atoms with Gasteiger partial charge in [0.1, 0.15) is 17.6 Å². The monoisotopic (exact) mass is 194 g/mol. The van der Waals surface area contributed by atoms with Crippen LogP contribution in [0, 0.1) is 17.1 Å². The molecule has 0 radical (unpaired) electrons. The van der Waals surface area contributed by atoms with E-state index in [0.717, 1.165) is 0 Å². The quantitative estimate of drug-likeness (QED) is 0.789. The predicted octanol–water partition coefficient (Wildman–Crippen LogP) is 1.45. The molecule has 0 amide bonds.